The summed E-state index contributed by atoms with van der Waals surface area (Å²) in [4.78, 5) is 13.1. The van der Waals surface area contributed by atoms with E-state index in [1.165, 1.54) is 11.2 Å². The minimum Gasteiger partial charge on any atom is -0.381 e. The zero-order valence-corrected chi connectivity index (χ0v) is 15.1. The van der Waals surface area contributed by atoms with Crippen molar-refractivity contribution in [3.05, 3.63) is 0 Å². The van der Waals surface area contributed by atoms with E-state index in [4.69, 9.17) is 9.47 Å². The van der Waals surface area contributed by atoms with E-state index in [1.54, 1.807) is 18.4 Å². The van der Waals surface area contributed by atoms with Gasteiger partial charge in [-0.15, -0.1) is 0 Å². The van der Waals surface area contributed by atoms with Crippen LogP contribution < -0.4 is 0 Å². The third kappa shape index (κ3) is 4.65. The average molecular weight is 348 g/mol. The van der Waals surface area contributed by atoms with E-state index in [9.17, 15) is 13.2 Å². The first kappa shape index (κ1) is 18.6. The van der Waals surface area contributed by atoms with Gasteiger partial charge in [-0.2, -0.15) is 0 Å². The Hall–Kier alpha value is -0.700. The van der Waals surface area contributed by atoms with Gasteiger partial charge in [0.2, 0.25) is 15.9 Å². The van der Waals surface area contributed by atoms with Crippen molar-refractivity contribution < 1.29 is 22.7 Å². The third-order valence-electron chi connectivity index (χ3n) is 5.16. The van der Waals surface area contributed by atoms with Crippen LogP contribution in [0, 0.1) is 11.3 Å². The van der Waals surface area contributed by atoms with Crippen LogP contribution in [0.4, 0.5) is 0 Å². The fourth-order valence-corrected chi connectivity index (χ4v) is 4.29. The normalized spacial score (nSPS) is 25.4. The average Bonchev–Trinajstić information content (AvgIpc) is 2.48. The third-order valence-corrected chi connectivity index (χ3v) is 6.46. The summed E-state index contributed by atoms with van der Waals surface area (Å²) >= 11 is 0. The number of likely N-dealkylation sites (N-methyl/N-ethyl adjacent to an activating group) is 1. The molecule has 0 aromatic carbocycles. The summed E-state index contributed by atoms with van der Waals surface area (Å²) in [6.45, 7) is 3.02. The topological polar surface area (TPSA) is 76.2 Å². The molecule has 8 heteroatoms. The molecule has 2 rings (SSSR count). The number of carbonyl (C=O) groups is 1. The number of sulfonamides is 1. The maximum absolute atomic E-state index is 11.7. The summed E-state index contributed by atoms with van der Waals surface area (Å²) < 4.78 is 36.1. The van der Waals surface area contributed by atoms with E-state index < -0.39 is 10.0 Å². The Kier molecular flexibility index (Phi) is 6.05. The highest BCUT2D eigenvalue weighted by Crippen LogP contribution is 2.45. The van der Waals surface area contributed by atoms with Gasteiger partial charge in [0, 0.05) is 39.7 Å². The van der Waals surface area contributed by atoms with Crippen LogP contribution in [0.15, 0.2) is 0 Å². The van der Waals surface area contributed by atoms with Crippen molar-refractivity contribution in [2.24, 2.45) is 11.3 Å². The molecule has 1 amide bonds. The fourth-order valence-electron chi connectivity index (χ4n) is 3.45. The van der Waals surface area contributed by atoms with Gasteiger partial charge in [0.1, 0.15) is 6.61 Å². The molecule has 0 aromatic heterocycles. The number of ether oxygens (including phenoxy) is 2. The molecule has 2 fully saturated rings. The van der Waals surface area contributed by atoms with Crippen molar-refractivity contribution in [2.45, 2.75) is 19.3 Å². The van der Waals surface area contributed by atoms with Crippen molar-refractivity contribution in [1.29, 1.82) is 0 Å². The zero-order valence-electron chi connectivity index (χ0n) is 14.3. The quantitative estimate of drug-likeness (QED) is 0.708. The Morgan fingerprint density at radius 2 is 1.96 bits per heavy atom. The van der Waals surface area contributed by atoms with Crippen LogP contribution >= 0.6 is 0 Å². The molecule has 2 aliphatic heterocycles. The van der Waals surface area contributed by atoms with Gasteiger partial charge in [0.05, 0.1) is 19.5 Å². The lowest BCUT2D eigenvalue weighted by Crippen LogP contribution is -2.50. The molecule has 2 heterocycles. The molecule has 23 heavy (non-hydrogen) atoms. The number of hydrogen-bond donors (Lipinski definition) is 0. The molecule has 1 atom stereocenters. The van der Waals surface area contributed by atoms with E-state index >= 15 is 0 Å². The Morgan fingerprint density at radius 1 is 1.30 bits per heavy atom. The van der Waals surface area contributed by atoms with E-state index in [0.29, 0.717) is 32.9 Å². The van der Waals surface area contributed by atoms with Crippen LogP contribution in [0.25, 0.3) is 0 Å². The summed E-state index contributed by atoms with van der Waals surface area (Å²) in [6, 6.07) is 0. The van der Waals surface area contributed by atoms with E-state index in [0.717, 1.165) is 19.3 Å². The van der Waals surface area contributed by atoms with Crippen molar-refractivity contribution in [1.82, 2.24) is 9.21 Å². The van der Waals surface area contributed by atoms with E-state index in [1.807, 2.05) is 0 Å². The summed E-state index contributed by atoms with van der Waals surface area (Å²) in [5, 5.41) is 0. The number of nitrogens with zero attached hydrogens (tertiary/aromatic N) is 2. The minimum absolute atomic E-state index is 0.0531. The monoisotopic (exact) mass is 348 g/mol. The lowest BCUT2D eigenvalue weighted by atomic mass is 9.66. The lowest BCUT2D eigenvalue weighted by Gasteiger charge is -2.48. The highest BCUT2D eigenvalue weighted by Gasteiger charge is 2.44. The van der Waals surface area contributed by atoms with Crippen molar-refractivity contribution in [2.75, 3.05) is 59.9 Å². The molecule has 2 saturated heterocycles. The zero-order chi connectivity index (χ0) is 17.1. The summed E-state index contributed by atoms with van der Waals surface area (Å²) in [6.07, 6.45) is 3.86. The van der Waals surface area contributed by atoms with Gasteiger partial charge in [0.15, 0.2) is 0 Å². The Morgan fingerprint density at radius 3 is 2.52 bits per heavy atom. The maximum atomic E-state index is 11.7. The predicted octanol–water partition coefficient (Wildman–Crippen LogP) is 0.170. The second-order valence-corrected chi connectivity index (χ2v) is 8.83. The number of piperidine rings is 1. The number of hydrogen-bond acceptors (Lipinski definition) is 5. The fraction of sp³-hybridized carbons (Fsp3) is 0.933. The van der Waals surface area contributed by atoms with Crippen molar-refractivity contribution in [3.63, 3.8) is 0 Å². The van der Waals surface area contributed by atoms with Crippen LogP contribution in [-0.4, -0.2) is 83.4 Å². The highest BCUT2D eigenvalue weighted by molar-refractivity contribution is 7.88. The van der Waals surface area contributed by atoms with Crippen LogP contribution in [0.5, 0.6) is 0 Å². The predicted molar refractivity (Wildman–Crippen MR) is 86.5 cm³/mol. The molecule has 2 aliphatic rings. The van der Waals surface area contributed by atoms with Gasteiger partial charge >= 0.3 is 0 Å². The van der Waals surface area contributed by atoms with Crippen LogP contribution in [0.2, 0.25) is 0 Å². The second-order valence-electron chi connectivity index (χ2n) is 6.85. The van der Waals surface area contributed by atoms with Gasteiger partial charge in [0.25, 0.3) is 0 Å². The Bertz CT molecular complexity index is 512. The molecule has 7 nitrogen and oxygen atoms in total. The summed E-state index contributed by atoms with van der Waals surface area (Å²) in [7, 11) is 0.297. The van der Waals surface area contributed by atoms with Crippen molar-refractivity contribution in [3.8, 4) is 0 Å². The van der Waals surface area contributed by atoms with Gasteiger partial charge in [-0.3, -0.25) is 4.79 Å². The second kappa shape index (κ2) is 7.46. The molecule has 1 unspecified atom stereocenters. The maximum Gasteiger partial charge on any atom is 0.248 e. The molecule has 0 saturated carbocycles. The smallest absolute Gasteiger partial charge is 0.248 e. The molecule has 1 spiro atoms. The number of carbonyl (C=O) groups excluding carboxylic acids is 1. The molecule has 0 aromatic rings. The molecule has 0 aliphatic carbocycles. The first-order chi connectivity index (χ1) is 10.7. The number of amides is 1. The van der Waals surface area contributed by atoms with Gasteiger partial charge in [-0.1, -0.05) is 0 Å². The van der Waals surface area contributed by atoms with Gasteiger partial charge in [-0.05, 0) is 24.7 Å². The van der Waals surface area contributed by atoms with Crippen molar-refractivity contribution >= 4 is 15.9 Å². The summed E-state index contributed by atoms with van der Waals surface area (Å²) in [5.74, 6) is 0.163. The SMILES string of the molecule is CN(C)C(=O)COCC1COCCC12CCN(S(C)(=O)=O)CC2. The standard InChI is InChI=1S/C15H28N2O5S/c1-16(2)14(18)12-22-11-13-10-21-9-6-15(13)4-7-17(8-5-15)23(3,19)20/h13H,4-12H2,1-3H3. The van der Waals surface area contributed by atoms with Crippen LogP contribution in [-0.2, 0) is 24.3 Å². The largest absolute Gasteiger partial charge is 0.381 e. The number of rotatable bonds is 5. The van der Waals surface area contributed by atoms with Crippen LogP contribution in [0.3, 0.4) is 0 Å². The molecular formula is C15H28N2O5S. The minimum atomic E-state index is -3.12. The van der Waals surface area contributed by atoms with E-state index in [-0.39, 0.29) is 23.8 Å². The Balaban J connectivity index is 1.92. The highest BCUT2D eigenvalue weighted by atomic mass is 32.2. The molecule has 0 bridgehead atoms. The van der Waals surface area contributed by atoms with E-state index in [2.05, 4.69) is 0 Å². The molecule has 0 radical (unpaired) electrons. The summed E-state index contributed by atoms with van der Waals surface area (Å²) in [5.41, 5.74) is 0.0700. The first-order valence-corrected chi connectivity index (χ1v) is 9.90. The van der Waals surface area contributed by atoms with Gasteiger partial charge < -0.3 is 14.4 Å². The lowest BCUT2D eigenvalue weighted by molar-refractivity contribution is -0.138. The van der Waals surface area contributed by atoms with Crippen LogP contribution in [0.1, 0.15) is 19.3 Å². The molecular weight excluding hydrogens is 320 g/mol. The Labute approximate surface area is 139 Å². The molecule has 134 valence electrons. The first-order valence-electron chi connectivity index (χ1n) is 8.05. The molecule has 0 N–H and O–H groups in total. The van der Waals surface area contributed by atoms with Gasteiger partial charge in [-0.25, -0.2) is 12.7 Å².